The van der Waals surface area contributed by atoms with Gasteiger partial charge in [-0.2, -0.15) is 0 Å². The van der Waals surface area contributed by atoms with Gasteiger partial charge in [0.25, 0.3) is 0 Å². The molecule has 0 aliphatic carbocycles. The van der Waals surface area contributed by atoms with E-state index in [0.717, 1.165) is 11.8 Å². The average molecular weight is 225 g/mol. The molecule has 96 valence electrons. The molecular formula is C15H31N. The first-order valence-corrected chi connectivity index (χ1v) is 6.86. The second-order valence-electron chi connectivity index (χ2n) is 5.75. The number of nitrogens with zero attached hydrogens (tertiary/aromatic N) is 1. The van der Waals surface area contributed by atoms with Gasteiger partial charge in [-0.1, -0.05) is 39.8 Å². The quantitative estimate of drug-likeness (QED) is 0.416. The van der Waals surface area contributed by atoms with Crippen LogP contribution in [0.1, 0.15) is 53.4 Å². The first-order valence-electron chi connectivity index (χ1n) is 6.86. The molecular weight excluding hydrogens is 194 g/mol. The van der Waals surface area contributed by atoms with Crippen molar-refractivity contribution in [3.63, 3.8) is 0 Å². The highest BCUT2D eigenvalue weighted by atomic mass is 15.1. The summed E-state index contributed by atoms with van der Waals surface area (Å²) in [6, 6.07) is 0. The lowest BCUT2D eigenvalue weighted by Crippen LogP contribution is -2.24. The molecule has 0 aromatic rings. The van der Waals surface area contributed by atoms with Crippen LogP contribution in [-0.4, -0.2) is 25.0 Å². The Balaban J connectivity index is 3.29. The van der Waals surface area contributed by atoms with Crippen molar-refractivity contribution in [3.8, 4) is 0 Å². The van der Waals surface area contributed by atoms with Gasteiger partial charge in [0.1, 0.15) is 0 Å². The van der Waals surface area contributed by atoms with Gasteiger partial charge in [-0.25, -0.2) is 0 Å². The van der Waals surface area contributed by atoms with E-state index in [0.29, 0.717) is 0 Å². The smallest absolute Gasteiger partial charge is 0.000133 e. The second kappa shape index (κ2) is 9.89. The third kappa shape index (κ3) is 11.8. The van der Waals surface area contributed by atoms with Crippen molar-refractivity contribution in [3.05, 3.63) is 12.2 Å². The minimum Gasteiger partial charge on any atom is -0.306 e. The van der Waals surface area contributed by atoms with E-state index in [4.69, 9.17) is 0 Å². The Morgan fingerprint density at radius 2 is 1.62 bits per heavy atom. The fourth-order valence-corrected chi connectivity index (χ4v) is 1.84. The van der Waals surface area contributed by atoms with Crippen molar-refractivity contribution in [2.24, 2.45) is 11.8 Å². The molecule has 0 N–H and O–H groups in total. The highest BCUT2D eigenvalue weighted by Crippen LogP contribution is 2.04. The van der Waals surface area contributed by atoms with Crippen LogP contribution in [-0.2, 0) is 0 Å². The van der Waals surface area contributed by atoms with Gasteiger partial charge in [0.05, 0.1) is 0 Å². The van der Waals surface area contributed by atoms with Crippen molar-refractivity contribution in [1.29, 1.82) is 0 Å². The topological polar surface area (TPSA) is 3.24 Å². The lowest BCUT2D eigenvalue weighted by atomic mass is 10.1. The first-order chi connectivity index (χ1) is 7.52. The molecule has 0 heterocycles. The summed E-state index contributed by atoms with van der Waals surface area (Å²) in [6.07, 6.45) is 9.83. The molecule has 16 heavy (non-hydrogen) atoms. The van der Waals surface area contributed by atoms with E-state index in [1.54, 1.807) is 0 Å². The molecule has 0 amide bonds. The van der Waals surface area contributed by atoms with Crippen molar-refractivity contribution >= 4 is 0 Å². The van der Waals surface area contributed by atoms with E-state index in [1.807, 2.05) is 0 Å². The highest BCUT2D eigenvalue weighted by molar-refractivity contribution is 4.82. The monoisotopic (exact) mass is 225 g/mol. The van der Waals surface area contributed by atoms with Gasteiger partial charge in [-0.3, -0.25) is 0 Å². The van der Waals surface area contributed by atoms with E-state index in [-0.39, 0.29) is 0 Å². The third-order valence-corrected chi connectivity index (χ3v) is 2.61. The SMILES string of the molecule is CC(C)C/C=C/CCCCN(C)CC(C)C. The average Bonchev–Trinajstić information content (AvgIpc) is 2.14. The normalized spacial score (nSPS) is 12.5. The molecule has 0 aliphatic heterocycles. The fraction of sp³-hybridized carbons (Fsp3) is 0.867. The van der Waals surface area contributed by atoms with Crippen LogP contribution >= 0.6 is 0 Å². The largest absolute Gasteiger partial charge is 0.306 e. The number of unbranched alkanes of at least 4 members (excludes halogenated alkanes) is 2. The Kier molecular flexibility index (Phi) is 9.71. The minimum atomic E-state index is 0.788. The number of rotatable bonds is 9. The molecule has 1 heteroatoms. The zero-order valence-corrected chi connectivity index (χ0v) is 12.0. The van der Waals surface area contributed by atoms with Crippen molar-refractivity contribution in [2.45, 2.75) is 53.4 Å². The minimum absolute atomic E-state index is 0.788. The van der Waals surface area contributed by atoms with Crippen LogP contribution in [0.4, 0.5) is 0 Å². The van der Waals surface area contributed by atoms with E-state index in [9.17, 15) is 0 Å². The third-order valence-electron chi connectivity index (χ3n) is 2.61. The molecule has 0 rings (SSSR count). The Labute approximate surface area is 103 Å². The summed E-state index contributed by atoms with van der Waals surface area (Å²) in [5.74, 6) is 1.59. The lowest BCUT2D eigenvalue weighted by Gasteiger charge is -2.18. The van der Waals surface area contributed by atoms with Gasteiger partial charge in [0, 0.05) is 6.54 Å². The Morgan fingerprint density at radius 3 is 2.19 bits per heavy atom. The van der Waals surface area contributed by atoms with Crippen LogP contribution in [0.5, 0.6) is 0 Å². The Hall–Kier alpha value is -0.300. The maximum atomic E-state index is 2.45. The van der Waals surface area contributed by atoms with E-state index < -0.39 is 0 Å². The summed E-state index contributed by atoms with van der Waals surface area (Å²) in [5, 5.41) is 0. The summed E-state index contributed by atoms with van der Waals surface area (Å²) in [5.41, 5.74) is 0. The predicted octanol–water partition coefficient (Wildman–Crippen LogP) is 4.35. The molecule has 0 saturated carbocycles. The Morgan fingerprint density at radius 1 is 0.938 bits per heavy atom. The molecule has 0 unspecified atom stereocenters. The van der Waals surface area contributed by atoms with Crippen molar-refractivity contribution < 1.29 is 0 Å². The standard InChI is InChI=1S/C15H31N/c1-14(2)11-9-7-6-8-10-12-16(5)13-15(3)4/h7,9,14-15H,6,8,10-13H2,1-5H3/b9-7+. The van der Waals surface area contributed by atoms with E-state index >= 15 is 0 Å². The number of hydrogen-bond donors (Lipinski definition) is 0. The zero-order chi connectivity index (χ0) is 12.4. The van der Waals surface area contributed by atoms with Crippen LogP contribution in [0, 0.1) is 11.8 Å². The molecule has 0 atom stereocenters. The second-order valence-corrected chi connectivity index (χ2v) is 5.75. The molecule has 0 fully saturated rings. The van der Waals surface area contributed by atoms with Crippen LogP contribution in [0.2, 0.25) is 0 Å². The predicted molar refractivity (Wildman–Crippen MR) is 74.8 cm³/mol. The van der Waals surface area contributed by atoms with Gasteiger partial charge in [-0.05, 0) is 51.1 Å². The maximum Gasteiger partial charge on any atom is 0.000133 e. The van der Waals surface area contributed by atoms with Crippen molar-refractivity contribution in [1.82, 2.24) is 4.90 Å². The molecule has 0 saturated heterocycles. The molecule has 0 spiro atoms. The molecule has 0 bridgehead atoms. The lowest BCUT2D eigenvalue weighted by molar-refractivity contribution is 0.290. The van der Waals surface area contributed by atoms with Gasteiger partial charge >= 0.3 is 0 Å². The summed E-state index contributed by atoms with van der Waals surface area (Å²) >= 11 is 0. The zero-order valence-electron chi connectivity index (χ0n) is 12.0. The molecule has 0 aromatic carbocycles. The van der Waals surface area contributed by atoms with Crippen molar-refractivity contribution in [2.75, 3.05) is 20.1 Å². The summed E-state index contributed by atoms with van der Waals surface area (Å²) in [4.78, 5) is 2.45. The summed E-state index contributed by atoms with van der Waals surface area (Å²) in [6.45, 7) is 11.6. The van der Waals surface area contributed by atoms with Gasteiger partial charge < -0.3 is 4.90 Å². The summed E-state index contributed by atoms with van der Waals surface area (Å²) in [7, 11) is 2.23. The highest BCUT2D eigenvalue weighted by Gasteiger charge is 2.00. The van der Waals surface area contributed by atoms with Crippen LogP contribution in [0.25, 0.3) is 0 Å². The molecule has 1 nitrogen and oxygen atoms in total. The van der Waals surface area contributed by atoms with E-state index in [1.165, 1.54) is 38.8 Å². The van der Waals surface area contributed by atoms with Crippen LogP contribution in [0.3, 0.4) is 0 Å². The van der Waals surface area contributed by atoms with Gasteiger partial charge in [0.2, 0.25) is 0 Å². The molecule has 0 radical (unpaired) electrons. The first kappa shape index (κ1) is 15.7. The van der Waals surface area contributed by atoms with Crippen LogP contribution < -0.4 is 0 Å². The fourth-order valence-electron chi connectivity index (χ4n) is 1.84. The maximum absolute atomic E-state index is 2.45. The number of allylic oxidation sites excluding steroid dienone is 2. The van der Waals surface area contributed by atoms with Gasteiger partial charge in [0.15, 0.2) is 0 Å². The molecule has 0 aromatic heterocycles. The van der Waals surface area contributed by atoms with Gasteiger partial charge in [-0.15, -0.1) is 0 Å². The molecule has 0 aliphatic rings. The Bertz CT molecular complexity index is 170. The summed E-state index contributed by atoms with van der Waals surface area (Å²) < 4.78 is 0. The van der Waals surface area contributed by atoms with E-state index in [2.05, 4.69) is 51.8 Å². The number of hydrogen-bond acceptors (Lipinski definition) is 1. The van der Waals surface area contributed by atoms with Crippen LogP contribution in [0.15, 0.2) is 12.2 Å².